The first kappa shape index (κ1) is 12.0. The van der Waals surface area contributed by atoms with Crippen LogP contribution in [0.4, 0.5) is 0 Å². The van der Waals surface area contributed by atoms with Gasteiger partial charge in [0, 0.05) is 10.4 Å². The molecule has 0 saturated carbocycles. The van der Waals surface area contributed by atoms with Gasteiger partial charge in [0.2, 0.25) is 0 Å². The van der Waals surface area contributed by atoms with Gasteiger partial charge in [0.1, 0.15) is 0 Å². The highest BCUT2D eigenvalue weighted by Crippen LogP contribution is 2.34. The molecule has 1 aliphatic rings. The highest BCUT2D eigenvalue weighted by molar-refractivity contribution is 6.35. The molecule has 18 heavy (non-hydrogen) atoms. The lowest BCUT2D eigenvalue weighted by Gasteiger charge is -2.18. The van der Waals surface area contributed by atoms with Crippen molar-refractivity contribution >= 4 is 22.4 Å². The van der Waals surface area contributed by atoms with E-state index in [9.17, 15) is 0 Å². The van der Waals surface area contributed by atoms with Crippen molar-refractivity contribution in [1.29, 1.82) is 0 Å². The lowest BCUT2D eigenvalue weighted by atomic mass is 9.93. The van der Waals surface area contributed by atoms with Crippen LogP contribution < -0.4 is 5.32 Å². The normalized spacial score (nSPS) is 19.6. The minimum atomic E-state index is 0.226. The van der Waals surface area contributed by atoms with E-state index >= 15 is 0 Å². The third-order valence-corrected chi connectivity index (χ3v) is 3.96. The SMILES string of the molecule is CNC1COCCc2c1cc(Cl)c1ccccc21. The Morgan fingerprint density at radius 1 is 1.28 bits per heavy atom. The first-order chi connectivity index (χ1) is 8.81. The van der Waals surface area contributed by atoms with Gasteiger partial charge in [0.15, 0.2) is 0 Å². The first-order valence-corrected chi connectivity index (χ1v) is 6.64. The van der Waals surface area contributed by atoms with Crippen molar-refractivity contribution in [2.75, 3.05) is 20.3 Å². The molecule has 2 aromatic carbocycles. The number of rotatable bonds is 1. The van der Waals surface area contributed by atoms with Gasteiger partial charge in [-0.05, 0) is 36.0 Å². The van der Waals surface area contributed by atoms with Gasteiger partial charge in [-0.25, -0.2) is 0 Å². The minimum Gasteiger partial charge on any atom is -0.379 e. The predicted molar refractivity (Wildman–Crippen MR) is 75.3 cm³/mol. The van der Waals surface area contributed by atoms with Crippen LogP contribution in [0.25, 0.3) is 10.8 Å². The zero-order chi connectivity index (χ0) is 12.5. The molecule has 3 rings (SSSR count). The smallest absolute Gasteiger partial charge is 0.0661 e. The number of fused-ring (bicyclic) bond motifs is 3. The second-order valence-electron chi connectivity index (χ2n) is 4.64. The highest BCUT2D eigenvalue weighted by atomic mass is 35.5. The van der Waals surface area contributed by atoms with E-state index in [0.29, 0.717) is 6.61 Å². The summed E-state index contributed by atoms with van der Waals surface area (Å²) in [5, 5.41) is 6.52. The Kier molecular flexibility index (Phi) is 3.25. The summed E-state index contributed by atoms with van der Waals surface area (Å²) in [5.74, 6) is 0. The van der Waals surface area contributed by atoms with Gasteiger partial charge in [-0.1, -0.05) is 35.9 Å². The third-order valence-electron chi connectivity index (χ3n) is 3.64. The van der Waals surface area contributed by atoms with Crippen molar-refractivity contribution in [2.45, 2.75) is 12.5 Å². The molecule has 0 fully saturated rings. The van der Waals surface area contributed by atoms with E-state index < -0.39 is 0 Å². The number of hydrogen-bond donors (Lipinski definition) is 1. The van der Waals surface area contributed by atoms with Crippen LogP contribution in [-0.2, 0) is 11.2 Å². The van der Waals surface area contributed by atoms with Crippen LogP contribution in [-0.4, -0.2) is 20.3 Å². The van der Waals surface area contributed by atoms with Crippen molar-refractivity contribution in [2.24, 2.45) is 0 Å². The summed E-state index contributed by atoms with van der Waals surface area (Å²) < 4.78 is 5.66. The van der Waals surface area contributed by atoms with Crippen LogP contribution in [0.15, 0.2) is 30.3 Å². The van der Waals surface area contributed by atoms with Crippen molar-refractivity contribution in [3.8, 4) is 0 Å². The second-order valence-corrected chi connectivity index (χ2v) is 5.05. The lowest BCUT2D eigenvalue weighted by molar-refractivity contribution is 0.124. The van der Waals surface area contributed by atoms with Crippen molar-refractivity contribution in [3.63, 3.8) is 0 Å². The van der Waals surface area contributed by atoms with Crippen LogP contribution in [0.5, 0.6) is 0 Å². The maximum atomic E-state index is 6.40. The Hall–Kier alpha value is -1.09. The van der Waals surface area contributed by atoms with Crippen molar-refractivity contribution in [3.05, 3.63) is 46.5 Å². The Bertz CT molecular complexity index is 582. The Labute approximate surface area is 112 Å². The molecule has 1 unspecified atom stereocenters. The molecular weight excluding hydrogens is 246 g/mol. The second kappa shape index (κ2) is 4.88. The van der Waals surface area contributed by atoms with Gasteiger partial charge in [-0.15, -0.1) is 0 Å². The molecule has 1 N–H and O–H groups in total. The molecule has 0 aliphatic carbocycles. The molecule has 0 amide bonds. The van der Waals surface area contributed by atoms with Gasteiger partial charge in [0.05, 0.1) is 19.3 Å². The summed E-state index contributed by atoms with van der Waals surface area (Å²) in [6.45, 7) is 1.48. The van der Waals surface area contributed by atoms with E-state index in [4.69, 9.17) is 16.3 Å². The molecule has 1 aliphatic heterocycles. The van der Waals surface area contributed by atoms with Gasteiger partial charge in [-0.2, -0.15) is 0 Å². The average Bonchev–Trinajstić information content (AvgIpc) is 2.61. The molecule has 2 nitrogen and oxygen atoms in total. The molecule has 0 aromatic heterocycles. The third kappa shape index (κ3) is 1.91. The van der Waals surface area contributed by atoms with Crippen LogP contribution in [0.1, 0.15) is 17.2 Å². The largest absolute Gasteiger partial charge is 0.379 e. The fourth-order valence-electron chi connectivity index (χ4n) is 2.71. The van der Waals surface area contributed by atoms with E-state index in [-0.39, 0.29) is 6.04 Å². The van der Waals surface area contributed by atoms with E-state index in [1.807, 2.05) is 13.1 Å². The summed E-state index contributed by atoms with van der Waals surface area (Å²) in [6, 6.07) is 10.7. The number of benzene rings is 2. The molecule has 0 radical (unpaired) electrons. The summed E-state index contributed by atoms with van der Waals surface area (Å²) in [4.78, 5) is 0. The fourth-order valence-corrected chi connectivity index (χ4v) is 2.99. The summed E-state index contributed by atoms with van der Waals surface area (Å²) in [7, 11) is 1.96. The number of ether oxygens (including phenoxy) is 1. The van der Waals surface area contributed by atoms with Crippen LogP contribution in [0.2, 0.25) is 5.02 Å². The molecule has 0 spiro atoms. The van der Waals surface area contributed by atoms with Crippen LogP contribution in [0, 0.1) is 0 Å². The Morgan fingerprint density at radius 3 is 2.83 bits per heavy atom. The molecule has 2 aromatic rings. The zero-order valence-corrected chi connectivity index (χ0v) is 11.1. The maximum absolute atomic E-state index is 6.40. The predicted octanol–water partition coefficient (Wildman–Crippen LogP) is 3.33. The van der Waals surface area contributed by atoms with E-state index in [1.165, 1.54) is 16.5 Å². The summed E-state index contributed by atoms with van der Waals surface area (Å²) in [6.07, 6.45) is 0.950. The molecule has 3 heteroatoms. The highest BCUT2D eigenvalue weighted by Gasteiger charge is 2.20. The van der Waals surface area contributed by atoms with Gasteiger partial charge < -0.3 is 10.1 Å². The molecule has 1 heterocycles. The summed E-state index contributed by atoms with van der Waals surface area (Å²) in [5.41, 5.74) is 2.64. The minimum absolute atomic E-state index is 0.226. The first-order valence-electron chi connectivity index (χ1n) is 6.26. The molecule has 1 atom stereocenters. The zero-order valence-electron chi connectivity index (χ0n) is 10.4. The van der Waals surface area contributed by atoms with E-state index in [0.717, 1.165) is 23.4 Å². The quantitative estimate of drug-likeness (QED) is 0.850. The molecule has 94 valence electrons. The van der Waals surface area contributed by atoms with Crippen LogP contribution in [0.3, 0.4) is 0 Å². The number of likely N-dealkylation sites (N-methyl/N-ethyl adjacent to an activating group) is 1. The maximum Gasteiger partial charge on any atom is 0.0661 e. The molecule has 0 saturated heterocycles. The number of halogens is 1. The van der Waals surface area contributed by atoms with Crippen molar-refractivity contribution in [1.82, 2.24) is 5.32 Å². The van der Waals surface area contributed by atoms with E-state index in [2.05, 4.69) is 29.6 Å². The van der Waals surface area contributed by atoms with Gasteiger partial charge in [0.25, 0.3) is 0 Å². The molecule has 0 bridgehead atoms. The Morgan fingerprint density at radius 2 is 2.06 bits per heavy atom. The lowest BCUT2D eigenvalue weighted by Crippen LogP contribution is -2.21. The van der Waals surface area contributed by atoms with E-state index in [1.54, 1.807) is 0 Å². The van der Waals surface area contributed by atoms with Crippen LogP contribution >= 0.6 is 11.6 Å². The molecular formula is C15H16ClNO. The number of hydrogen-bond acceptors (Lipinski definition) is 2. The monoisotopic (exact) mass is 261 g/mol. The Balaban J connectivity index is 2.30. The number of nitrogens with one attached hydrogen (secondary N) is 1. The topological polar surface area (TPSA) is 21.3 Å². The van der Waals surface area contributed by atoms with Crippen molar-refractivity contribution < 1.29 is 4.74 Å². The van der Waals surface area contributed by atoms with Gasteiger partial charge in [-0.3, -0.25) is 0 Å². The standard InChI is InChI=1S/C15H16ClNO/c1-17-15-9-18-7-6-11-10-4-2-3-5-12(10)14(16)8-13(11)15/h2-5,8,15,17H,6-7,9H2,1H3. The summed E-state index contributed by atoms with van der Waals surface area (Å²) >= 11 is 6.40. The fraction of sp³-hybridized carbons (Fsp3) is 0.333. The van der Waals surface area contributed by atoms with Gasteiger partial charge >= 0.3 is 0 Å². The average molecular weight is 262 g/mol.